The van der Waals surface area contributed by atoms with Gasteiger partial charge in [0, 0.05) is 43.1 Å². The van der Waals surface area contributed by atoms with E-state index in [0.29, 0.717) is 45.1 Å². The fraction of sp³-hybridized carbons (Fsp3) is 0.125. The molecule has 18 heteroatoms. The largest absolute Gasteiger partial charge is 0.416 e. The summed E-state index contributed by atoms with van der Waals surface area (Å²) >= 11 is 0. The van der Waals surface area contributed by atoms with E-state index in [1.807, 2.05) is 38.1 Å². The number of hydrogen-bond donors (Lipinski definition) is 0. The van der Waals surface area contributed by atoms with Gasteiger partial charge in [0.25, 0.3) is 0 Å². The molecule has 9 aromatic carbocycles. The summed E-state index contributed by atoms with van der Waals surface area (Å²) in [5.41, 5.74) is -1.90. The Kier molecular flexibility index (Phi) is 11.0. The van der Waals surface area contributed by atoms with Crippen LogP contribution < -0.4 is 0 Å². The third-order valence-corrected chi connectivity index (χ3v) is 15.5. The van der Waals surface area contributed by atoms with Crippen LogP contribution in [0.1, 0.15) is 50.1 Å². The molecular weight excluding hydrogens is 1080 g/mol. The maximum atomic E-state index is 14.9. The first kappa shape index (κ1) is 51.7. The van der Waals surface area contributed by atoms with Crippen LogP contribution in [0.3, 0.4) is 0 Å². The molecule has 0 saturated heterocycles. The Labute approximate surface area is 455 Å². The van der Waals surface area contributed by atoms with Crippen molar-refractivity contribution in [2.24, 2.45) is 0 Å². The van der Waals surface area contributed by atoms with E-state index in [4.69, 9.17) is 0 Å². The molecule has 0 fully saturated rings. The maximum absolute atomic E-state index is 14.9. The van der Waals surface area contributed by atoms with Gasteiger partial charge in [0.2, 0.25) is 5.69 Å². The summed E-state index contributed by atoms with van der Waals surface area (Å²) in [5.74, 6) is 0. The minimum Gasteiger partial charge on any atom is -0.318 e. The Balaban J connectivity index is 1.38. The van der Waals surface area contributed by atoms with E-state index in [0.717, 1.165) is 59.7 Å². The van der Waals surface area contributed by atoms with Gasteiger partial charge in [-0.05, 0) is 149 Å². The lowest BCUT2D eigenvalue weighted by Crippen LogP contribution is -2.15. The van der Waals surface area contributed by atoms with Crippen molar-refractivity contribution in [1.82, 2.24) is 18.3 Å². The first-order valence-electron chi connectivity index (χ1n) is 25.3. The maximum Gasteiger partial charge on any atom is 0.416 e. The normalized spacial score (nSPS) is 12.9. The van der Waals surface area contributed by atoms with Crippen molar-refractivity contribution < 1.29 is 52.7 Å². The van der Waals surface area contributed by atoms with E-state index in [-0.39, 0.29) is 93.9 Å². The fourth-order valence-electron chi connectivity index (χ4n) is 12.0. The lowest BCUT2D eigenvalue weighted by atomic mass is 10.0. The lowest BCUT2D eigenvalue weighted by molar-refractivity contribution is -0.138. The van der Waals surface area contributed by atoms with E-state index < -0.39 is 52.5 Å². The Bertz CT molecular complexity index is 4930. The summed E-state index contributed by atoms with van der Waals surface area (Å²) in [4.78, 5) is 4.30. The van der Waals surface area contributed by atoms with Gasteiger partial charge >= 0.3 is 24.7 Å². The van der Waals surface area contributed by atoms with Gasteiger partial charge in [-0.2, -0.15) is 57.9 Å². The fourth-order valence-corrected chi connectivity index (χ4v) is 12.0. The van der Waals surface area contributed by atoms with Gasteiger partial charge in [0.15, 0.2) is 0 Å². The number of fused-ring (bicyclic) bond motifs is 12. The molecular formula is C64H36F12N6. The second-order valence-electron chi connectivity index (χ2n) is 20.7. The first-order valence-corrected chi connectivity index (χ1v) is 25.3. The standard InChI is InChI=1S/C64H36F12N6/c1-31-7-15-49-39(22-31)40-23-32(2)8-16-50(40)81(49)59-56(78-5)57(79-48-14-6-33(3)24-41(48)43-26-35(61(65,66)67)10-18-52(43)79)47(30-77)58(60(59)82-51-17-9-34(4)25-42(51)44-27-36(62(68,69)70)13-21-55(44)82)80-53-19-11-37(63(71,72)73)28-45(53)46-29-38(64(74,75)76)12-20-54(46)80/h6-29H,1-4H3. The minimum absolute atomic E-state index is 0.0518. The minimum atomic E-state index is -5.02. The van der Waals surface area contributed by atoms with Gasteiger partial charge in [0.05, 0.1) is 101 Å². The second-order valence-corrected chi connectivity index (χ2v) is 20.7. The van der Waals surface area contributed by atoms with Crippen molar-refractivity contribution in [2.75, 3.05) is 0 Å². The van der Waals surface area contributed by atoms with Crippen molar-refractivity contribution in [1.29, 1.82) is 5.26 Å². The predicted octanol–water partition coefficient (Wildman–Crippen LogP) is 19.8. The predicted molar refractivity (Wildman–Crippen MR) is 294 cm³/mol. The summed E-state index contributed by atoms with van der Waals surface area (Å²) in [6, 6.07) is 34.2. The van der Waals surface area contributed by atoms with Gasteiger partial charge in [-0.25, -0.2) is 4.85 Å². The topological polar surface area (TPSA) is 47.9 Å². The van der Waals surface area contributed by atoms with Crippen LogP contribution in [0, 0.1) is 45.6 Å². The van der Waals surface area contributed by atoms with Crippen molar-refractivity contribution in [3.8, 4) is 28.8 Å². The van der Waals surface area contributed by atoms with Crippen molar-refractivity contribution in [3.63, 3.8) is 0 Å². The molecule has 4 aromatic heterocycles. The number of rotatable bonds is 4. The Morgan fingerprint density at radius 3 is 0.817 bits per heavy atom. The number of nitriles is 1. The third kappa shape index (κ3) is 7.64. The summed E-state index contributed by atoms with van der Waals surface area (Å²) < 4.78 is 184. The average Bonchev–Trinajstić information content (AvgIpc) is 1.69. The van der Waals surface area contributed by atoms with Gasteiger partial charge in [-0.3, -0.25) is 0 Å². The number of nitrogens with zero attached hydrogens (tertiary/aromatic N) is 6. The molecule has 0 unspecified atom stereocenters. The molecule has 0 aliphatic heterocycles. The molecule has 406 valence electrons. The molecule has 13 aromatic rings. The number of benzene rings is 9. The highest BCUT2D eigenvalue weighted by molar-refractivity contribution is 6.17. The van der Waals surface area contributed by atoms with Gasteiger partial charge in [-0.15, -0.1) is 0 Å². The number of halogens is 12. The van der Waals surface area contributed by atoms with Gasteiger partial charge in [0.1, 0.15) is 6.07 Å². The van der Waals surface area contributed by atoms with Crippen LogP contribution in [0.5, 0.6) is 0 Å². The Morgan fingerprint density at radius 2 is 0.561 bits per heavy atom. The average molecular weight is 1120 g/mol. The smallest absolute Gasteiger partial charge is 0.318 e. The number of alkyl halides is 12. The van der Waals surface area contributed by atoms with Crippen LogP contribution in [0.2, 0.25) is 0 Å². The second kappa shape index (κ2) is 17.4. The molecule has 0 bridgehead atoms. The van der Waals surface area contributed by atoms with Crippen LogP contribution in [0.25, 0.3) is 115 Å². The monoisotopic (exact) mass is 1120 g/mol. The SMILES string of the molecule is [C-]#[N+]c1c(-n2c3ccc(C)cc3c3cc(C(F)(F)F)ccc32)c(C#N)c(-n2c3ccc(C(F)(F)F)cc3c3cc(C(F)(F)F)ccc32)c(-n2c3ccc(C)cc3c3cc(C(F)(F)F)ccc32)c1-n1c2ccc(C)cc2c2cc(C)ccc21. The zero-order valence-electron chi connectivity index (χ0n) is 43.1. The zero-order chi connectivity index (χ0) is 58.0. The molecule has 4 heterocycles. The highest BCUT2D eigenvalue weighted by Crippen LogP contribution is 2.53. The molecule has 0 saturated carbocycles. The van der Waals surface area contributed by atoms with Crippen molar-refractivity contribution in [2.45, 2.75) is 52.4 Å². The summed E-state index contributed by atoms with van der Waals surface area (Å²) in [7, 11) is 0. The molecule has 0 aliphatic carbocycles. The number of aryl methyl sites for hydroxylation is 4. The summed E-state index contributed by atoms with van der Waals surface area (Å²) in [6.07, 6.45) is -19.7. The molecule has 6 nitrogen and oxygen atoms in total. The molecule has 0 aliphatic rings. The molecule has 0 atom stereocenters. The molecule has 13 rings (SSSR count). The molecule has 82 heavy (non-hydrogen) atoms. The van der Waals surface area contributed by atoms with Crippen LogP contribution in [0.15, 0.2) is 146 Å². The van der Waals surface area contributed by atoms with E-state index in [1.54, 1.807) is 71.5 Å². The quantitative estimate of drug-likeness (QED) is 0.128. The van der Waals surface area contributed by atoms with Crippen LogP contribution >= 0.6 is 0 Å². The summed E-state index contributed by atoms with van der Waals surface area (Å²) in [5, 5.41) is 13.5. The van der Waals surface area contributed by atoms with E-state index in [1.165, 1.54) is 21.3 Å². The summed E-state index contributed by atoms with van der Waals surface area (Å²) in [6.45, 7) is 16.7. The van der Waals surface area contributed by atoms with Gasteiger partial charge in [-0.1, -0.05) is 46.5 Å². The van der Waals surface area contributed by atoms with Crippen LogP contribution in [-0.2, 0) is 24.7 Å². The lowest BCUT2D eigenvalue weighted by Gasteiger charge is -2.27. The zero-order valence-corrected chi connectivity index (χ0v) is 43.1. The van der Waals surface area contributed by atoms with E-state index >= 15 is 0 Å². The van der Waals surface area contributed by atoms with Gasteiger partial charge < -0.3 is 18.3 Å². The van der Waals surface area contributed by atoms with E-state index in [2.05, 4.69) is 10.9 Å². The first-order chi connectivity index (χ1) is 38.8. The molecule has 0 N–H and O–H groups in total. The number of hydrogen-bond acceptors (Lipinski definition) is 1. The Morgan fingerprint density at radius 1 is 0.329 bits per heavy atom. The highest BCUT2D eigenvalue weighted by atomic mass is 19.4. The van der Waals surface area contributed by atoms with Crippen molar-refractivity contribution >= 4 is 92.9 Å². The Hall–Kier alpha value is -9.68. The molecule has 0 radical (unpaired) electrons. The van der Waals surface area contributed by atoms with Crippen LogP contribution in [-0.4, -0.2) is 18.3 Å². The number of aromatic nitrogens is 4. The van der Waals surface area contributed by atoms with Crippen LogP contribution in [0.4, 0.5) is 58.4 Å². The highest BCUT2D eigenvalue weighted by Gasteiger charge is 2.39. The molecule has 0 spiro atoms. The van der Waals surface area contributed by atoms with Crippen molar-refractivity contribution in [3.05, 3.63) is 207 Å². The van der Waals surface area contributed by atoms with E-state index in [9.17, 15) is 64.5 Å². The third-order valence-electron chi connectivity index (χ3n) is 15.5. The molecule has 0 amide bonds.